The van der Waals surface area contributed by atoms with E-state index in [1.807, 2.05) is 19.1 Å². The van der Waals surface area contributed by atoms with E-state index in [9.17, 15) is 14.4 Å². The number of hydrogen-bond donors (Lipinski definition) is 1. The van der Waals surface area contributed by atoms with E-state index in [1.54, 1.807) is 39.0 Å². The first-order chi connectivity index (χ1) is 18.4. The number of anilines is 2. The van der Waals surface area contributed by atoms with Crippen molar-refractivity contribution in [2.75, 3.05) is 36.6 Å². The number of aromatic nitrogens is 2. The van der Waals surface area contributed by atoms with E-state index >= 15 is 4.39 Å². The second kappa shape index (κ2) is 10.9. The van der Waals surface area contributed by atoms with Gasteiger partial charge < -0.3 is 20.1 Å². The molecule has 0 aliphatic carbocycles. The van der Waals surface area contributed by atoms with E-state index in [-0.39, 0.29) is 36.8 Å². The number of hydrogen-bond acceptors (Lipinski definition) is 6. The molecule has 0 atom stereocenters. The summed E-state index contributed by atoms with van der Waals surface area (Å²) < 4.78 is 27.4. The minimum Gasteiger partial charge on any atom is -0.443 e. The van der Waals surface area contributed by atoms with Gasteiger partial charge in [-0.25, -0.2) is 13.9 Å². The van der Waals surface area contributed by atoms with Crippen LogP contribution in [0.4, 0.5) is 20.6 Å². The number of aryl methyl sites for hydroxylation is 1. The van der Waals surface area contributed by atoms with E-state index in [0.29, 0.717) is 23.4 Å². The Hall–Kier alpha value is -4.25. The molecule has 11 heteroatoms. The molecular weight excluding hydrogens is 505 g/mol. The normalized spacial score (nSPS) is 13.3. The molecule has 0 unspecified atom stereocenters. The number of primary amides is 1. The number of nitrogens with two attached hydrogens (primary N) is 1. The lowest BCUT2D eigenvalue weighted by Gasteiger charge is -2.30. The molecule has 3 aromatic rings. The van der Waals surface area contributed by atoms with Crippen LogP contribution < -0.4 is 15.5 Å². The summed E-state index contributed by atoms with van der Waals surface area (Å²) in [5.41, 5.74) is 7.37. The number of methoxy groups -OCH3 is 1. The van der Waals surface area contributed by atoms with Crippen LogP contribution in [0, 0.1) is 12.7 Å². The fraction of sp³-hybridized carbons (Fsp3) is 0.357. The Kier molecular flexibility index (Phi) is 7.73. The lowest BCUT2D eigenvalue weighted by Crippen LogP contribution is -2.40. The first kappa shape index (κ1) is 27.8. The van der Waals surface area contributed by atoms with Crippen LogP contribution in [0.5, 0.6) is 0 Å². The van der Waals surface area contributed by atoms with Gasteiger partial charge in [-0.1, -0.05) is 17.7 Å². The Morgan fingerprint density at radius 3 is 2.38 bits per heavy atom. The minimum absolute atomic E-state index is 0.00379. The molecule has 2 N–H and O–H groups in total. The van der Waals surface area contributed by atoms with Crippen LogP contribution in [0.3, 0.4) is 0 Å². The Morgan fingerprint density at radius 2 is 1.79 bits per heavy atom. The van der Waals surface area contributed by atoms with E-state index in [1.165, 1.54) is 28.8 Å². The number of nitrogens with zero attached hydrogens (tertiary/aromatic N) is 4. The number of halogens is 1. The zero-order valence-electron chi connectivity index (χ0n) is 22.7. The van der Waals surface area contributed by atoms with E-state index < -0.39 is 29.3 Å². The zero-order chi connectivity index (χ0) is 28.5. The smallest absolute Gasteiger partial charge is 0.414 e. The highest BCUT2D eigenvalue weighted by Crippen LogP contribution is 2.32. The molecular formula is C28H32FN5O5. The predicted octanol–water partition coefficient (Wildman–Crippen LogP) is 4.01. The van der Waals surface area contributed by atoms with Crippen LogP contribution in [0.15, 0.2) is 42.5 Å². The van der Waals surface area contributed by atoms with Gasteiger partial charge in [0.05, 0.1) is 24.5 Å². The molecule has 1 aromatic heterocycles. The topological polar surface area (TPSA) is 120 Å². The number of fused-ring (bicyclic) bond motifs is 1. The van der Waals surface area contributed by atoms with Crippen molar-refractivity contribution in [3.63, 3.8) is 0 Å². The van der Waals surface area contributed by atoms with Crippen LogP contribution in [0.2, 0.25) is 0 Å². The third-order valence-electron chi connectivity index (χ3n) is 6.20. The molecule has 0 saturated carbocycles. The monoisotopic (exact) mass is 537 g/mol. The van der Waals surface area contributed by atoms with Crippen LogP contribution in [-0.4, -0.2) is 60.1 Å². The van der Waals surface area contributed by atoms with Gasteiger partial charge in [-0.2, -0.15) is 5.10 Å². The molecule has 1 aliphatic rings. The van der Waals surface area contributed by atoms with Crippen molar-refractivity contribution in [2.45, 2.75) is 39.7 Å². The number of carbonyl (C=O) groups excluding carboxylic acids is 3. The third-order valence-corrected chi connectivity index (χ3v) is 6.20. The van der Waals surface area contributed by atoms with Gasteiger partial charge in [-0.3, -0.25) is 14.5 Å². The van der Waals surface area contributed by atoms with Gasteiger partial charge in [0.1, 0.15) is 17.1 Å². The number of ether oxygens (including phenoxy) is 2. The molecule has 39 heavy (non-hydrogen) atoms. The number of amides is 3. The van der Waals surface area contributed by atoms with Crippen molar-refractivity contribution >= 4 is 29.3 Å². The number of rotatable bonds is 7. The molecule has 0 bridgehead atoms. The summed E-state index contributed by atoms with van der Waals surface area (Å²) in [6.07, 6.45) is -0.419. The number of benzene rings is 2. The average Bonchev–Trinajstić information content (AvgIpc) is 3.25. The highest BCUT2D eigenvalue weighted by Gasteiger charge is 2.35. The summed E-state index contributed by atoms with van der Waals surface area (Å²) in [4.78, 5) is 41.2. The summed E-state index contributed by atoms with van der Waals surface area (Å²) in [6.45, 7) is 7.52. The Balaban J connectivity index is 1.70. The predicted molar refractivity (Wildman–Crippen MR) is 144 cm³/mol. The summed E-state index contributed by atoms with van der Waals surface area (Å²) in [7, 11) is 1.48. The Morgan fingerprint density at radius 1 is 1.13 bits per heavy atom. The van der Waals surface area contributed by atoms with Gasteiger partial charge in [0.2, 0.25) is 0 Å². The van der Waals surface area contributed by atoms with E-state index in [2.05, 4.69) is 5.10 Å². The summed E-state index contributed by atoms with van der Waals surface area (Å²) in [5, 5.41) is 4.35. The second-order valence-electron chi connectivity index (χ2n) is 10.3. The lowest BCUT2D eigenvalue weighted by molar-refractivity contribution is 0.0567. The molecule has 0 spiro atoms. The standard InChI is InChI=1S/C28H32FN5O5/c1-17-6-8-18(9-7-17)34-24-20(23(31-34)25(30)35)12-13-32(26(24)36)19-10-11-22(21(29)16-19)33(14-15-38-5)27(37)39-28(2,3)4/h6-11,16H,12-15H2,1-5H3,(H2,30,35). The first-order valence-electron chi connectivity index (χ1n) is 12.5. The Bertz CT molecular complexity index is 1410. The maximum Gasteiger partial charge on any atom is 0.414 e. The highest BCUT2D eigenvalue weighted by atomic mass is 19.1. The van der Waals surface area contributed by atoms with Crippen LogP contribution >= 0.6 is 0 Å². The van der Waals surface area contributed by atoms with Gasteiger partial charge in [0.15, 0.2) is 5.69 Å². The van der Waals surface area contributed by atoms with Gasteiger partial charge in [0.25, 0.3) is 11.8 Å². The molecule has 206 valence electrons. The van der Waals surface area contributed by atoms with E-state index in [4.69, 9.17) is 15.2 Å². The first-order valence-corrected chi connectivity index (χ1v) is 12.5. The highest BCUT2D eigenvalue weighted by molar-refractivity contribution is 6.09. The molecule has 3 amide bonds. The lowest BCUT2D eigenvalue weighted by atomic mass is 10.0. The van der Waals surface area contributed by atoms with Gasteiger partial charge in [0, 0.05) is 24.9 Å². The van der Waals surface area contributed by atoms with Gasteiger partial charge in [-0.05, 0) is 64.4 Å². The average molecular weight is 538 g/mol. The minimum atomic E-state index is -0.777. The van der Waals surface area contributed by atoms with Crippen molar-refractivity contribution in [1.82, 2.24) is 9.78 Å². The quantitative estimate of drug-likeness (QED) is 0.486. The molecule has 0 radical (unpaired) electrons. The summed E-state index contributed by atoms with van der Waals surface area (Å²) in [5.74, 6) is -1.89. The summed E-state index contributed by atoms with van der Waals surface area (Å²) >= 11 is 0. The van der Waals surface area contributed by atoms with Crippen molar-refractivity contribution in [1.29, 1.82) is 0 Å². The second-order valence-corrected chi connectivity index (χ2v) is 10.3. The van der Waals surface area contributed by atoms with Crippen molar-refractivity contribution in [2.24, 2.45) is 5.73 Å². The van der Waals surface area contributed by atoms with Crippen molar-refractivity contribution in [3.8, 4) is 5.69 Å². The van der Waals surface area contributed by atoms with Crippen LogP contribution in [0.1, 0.15) is 52.9 Å². The maximum absolute atomic E-state index is 15.5. The molecule has 4 rings (SSSR count). The molecule has 10 nitrogen and oxygen atoms in total. The van der Waals surface area contributed by atoms with Crippen molar-refractivity contribution in [3.05, 3.63) is 70.8 Å². The molecule has 0 fully saturated rings. The fourth-order valence-electron chi connectivity index (χ4n) is 4.37. The largest absolute Gasteiger partial charge is 0.443 e. The molecule has 2 aromatic carbocycles. The fourth-order valence-corrected chi connectivity index (χ4v) is 4.37. The number of carbonyl (C=O) groups is 3. The van der Waals surface area contributed by atoms with Gasteiger partial charge >= 0.3 is 6.09 Å². The molecule has 1 aliphatic heterocycles. The summed E-state index contributed by atoms with van der Waals surface area (Å²) in [6, 6.07) is 11.5. The Labute approximate surface area is 226 Å². The maximum atomic E-state index is 15.5. The van der Waals surface area contributed by atoms with Crippen LogP contribution in [0.25, 0.3) is 5.69 Å². The third kappa shape index (κ3) is 5.78. The molecule has 0 saturated heterocycles. The zero-order valence-corrected chi connectivity index (χ0v) is 22.7. The van der Waals surface area contributed by atoms with Crippen molar-refractivity contribution < 1.29 is 28.2 Å². The van der Waals surface area contributed by atoms with Gasteiger partial charge in [-0.15, -0.1) is 0 Å². The van der Waals surface area contributed by atoms with E-state index in [0.717, 1.165) is 10.5 Å². The molecule has 2 heterocycles. The SMILES string of the molecule is COCCN(C(=O)OC(C)(C)C)c1ccc(N2CCc3c(C(N)=O)nn(-c4ccc(C)cc4)c3C2=O)cc1F. The van der Waals surface area contributed by atoms with Crippen LogP contribution in [-0.2, 0) is 15.9 Å².